The predicted octanol–water partition coefficient (Wildman–Crippen LogP) is 4.52. The van der Waals surface area contributed by atoms with Crippen molar-refractivity contribution in [3.05, 3.63) is 81.4 Å². The molecule has 0 bridgehead atoms. The number of nitrogens with zero attached hydrogens (tertiary/aromatic N) is 1. The van der Waals surface area contributed by atoms with Gasteiger partial charge in [-0.15, -0.1) is 0 Å². The number of halogens is 1. The molecule has 3 aromatic rings. The minimum absolute atomic E-state index is 0.0297. The number of rotatable bonds is 9. The van der Waals surface area contributed by atoms with Crippen LogP contribution < -0.4 is 23.9 Å². The van der Waals surface area contributed by atoms with Crippen LogP contribution in [0, 0.1) is 3.57 Å². The van der Waals surface area contributed by atoms with Crippen molar-refractivity contribution in [3.8, 4) is 17.2 Å². The number of nitrogens with one attached hydrogen (secondary N) is 1. The average molecular weight is 662 g/mol. The van der Waals surface area contributed by atoms with Gasteiger partial charge in [0.2, 0.25) is 0 Å². The molecule has 0 radical (unpaired) electrons. The molecule has 1 heterocycles. The molecule has 4 rings (SSSR count). The molecule has 1 fully saturated rings. The SMILES string of the molecule is CCOc1ccc(N2C(=O)NC(=O)/C(=C\c3cc(I)c(OS(=O)(=O)c4ccccc4)c(OCC)c3)C2=O)cc1. The van der Waals surface area contributed by atoms with Crippen molar-refractivity contribution in [3.63, 3.8) is 0 Å². The van der Waals surface area contributed by atoms with E-state index in [1.165, 1.54) is 42.5 Å². The molecule has 0 spiro atoms. The van der Waals surface area contributed by atoms with Gasteiger partial charge in [-0.25, -0.2) is 9.69 Å². The molecule has 3 aromatic carbocycles. The van der Waals surface area contributed by atoms with Gasteiger partial charge < -0.3 is 13.7 Å². The van der Waals surface area contributed by atoms with E-state index in [2.05, 4.69) is 5.32 Å². The molecule has 1 aliphatic heterocycles. The van der Waals surface area contributed by atoms with Crippen LogP contribution in [0.2, 0.25) is 0 Å². The molecule has 0 aliphatic carbocycles. The zero-order valence-corrected chi connectivity index (χ0v) is 23.8. The van der Waals surface area contributed by atoms with Crippen molar-refractivity contribution < 1.29 is 36.5 Å². The maximum Gasteiger partial charge on any atom is 0.339 e. The van der Waals surface area contributed by atoms with E-state index in [0.29, 0.717) is 21.5 Å². The standard InChI is InChI=1S/C27H23IN2O8S/c1-3-36-19-12-10-18(11-13-19)30-26(32)21(25(31)29-27(30)33)14-17-15-22(28)24(23(16-17)37-4-2)38-39(34,35)20-8-6-5-7-9-20/h5-16H,3-4H2,1-2H3,(H,29,31,33)/b21-14+. The molecule has 0 saturated carbocycles. The predicted molar refractivity (Wildman–Crippen MR) is 151 cm³/mol. The Labute approximate surface area is 238 Å². The second-order valence-corrected chi connectivity index (χ2v) is 10.7. The van der Waals surface area contributed by atoms with Crippen LogP contribution in [0.4, 0.5) is 10.5 Å². The van der Waals surface area contributed by atoms with Crippen LogP contribution in [0.3, 0.4) is 0 Å². The van der Waals surface area contributed by atoms with E-state index in [0.717, 1.165) is 4.90 Å². The third-order valence-corrected chi connectivity index (χ3v) is 7.41. The number of carbonyl (C=O) groups excluding carboxylic acids is 3. The average Bonchev–Trinajstić information content (AvgIpc) is 2.90. The van der Waals surface area contributed by atoms with Gasteiger partial charge in [0, 0.05) is 0 Å². The maximum absolute atomic E-state index is 13.3. The van der Waals surface area contributed by atoms with Crippen LogP contribution in [0.25, 0.3) is 6.08 Å². The Morgan fingerprint density at radius 2 is 1.59 bits per heavy atom. The number of hydrogen-bond donors (Lipinski definition) is 1. The lowest BCUT2D eigenvalue weighted by Crippen LogP contribution is -2.54. The molecule has 0 unspecified atom stereocenters. The first-order valence-electron chi connectivity index (χ1n) is 11.7. The van der Waals surface area contributed by atoms with Crippen molar-refractivity contribution in [1.29, 1.82) is 0 Å². The summed E-state index contributed by atoms with van der Waals surface area (Å²) in [5, 5.41) is 2.17. The minimum Gasteiger partial charge on any atom is -0.494 e. The Morgan fingerprint density at radius 3 is 2.23 bits per heavy atom. The van der Waals surface area contributed by atoms with Crippen molar-refractivity contribution >= 4 is 62.3 Å². The lowest BCUT2D eigenvalue weighted by atomic mass is 10.1. The third kappa shape index (κ3) is 6.23. The number of urea groups is 1. The Morgan fingerprint density at radius 1 is 0.923 bits per heavy atom. The van der Waals surface area contributed by atoms with Gasteiger partial charge >= 0.3 is 16.1 Å². The zero-order valence-electron chi connectivity index (χ0n) is 20.8. The molecule has 0 aromatic heterocycles. The maximum atomic E-state index is 13.3. The summed E-state index contributed by atoms with van der Waals surface area (Å²) >= 11 is 1.88. The largest absolute Gasteiger partial charge is 0.494 e. The summed E-state index contributed by atoms with van der Waals surface area (Å²) in [6.07, 6.45) is 1.30. The van der Waals surface area contributed by atoms with Gasteiger partial charge in [0.15, 0.2) is 11.5 Å². The lowest BCUT2D eigenvalue weighted by molar-refractivity contribution is -0.122. The van der Waals surface area contributed by atoms with Crippen LogP contribution in [-0.4, -0.2) is 39.5 Å². The summed E-state index contributed by atoms with van der Waals surface area (Å²) in [7, 11) is -4.16. The molecule has 0 atom stereocenters. The number of amides is 4. The highest BCUT2D eigenvalue weighted by Crippen LogP contribution is 2.37. The highest BCUT2D eigenvalue weighted by Gasteiger charge is 2.37. The molecule has 1 saturated heterocycles. The van der Waals surface area contributed by atoms with Gasteiger partial charge in [-0.1, -0.05) is 18.2 Å². The first-order chi connectivity index (χ1) is 18.6. The zero-order chi connectivity index (χ0) is 28.2. The highest BCUT2D eigenvalue weighted by atomic mass is 127. The summed E-state index contributed by atoms with van der Waals surface area (Å²) in [5.74, 6) is -1.07. The van der Waals surface area contributed by atoms with Gasteiger partial charge in [0.1, 0.15) is 16.2 Å². The smallest absolute Gasteiger partial charge is 0.339 e. The number of imide groups is 2. The van der Waals surface area contributed by atoms with E-state index in [1.54, 1.807) is 37.3 Å². The number of anilines is 1. The number of benzene rings is 3. The Kier molecular flexibility index (Phi) is 8.55. The lowest BCUT2D eigenvalue weighted by Gasteiger charge is -2.26. The molecule has 12 heteroatoms. The van der Waals surface area contributed by atoms with E-state index >= 15 is 0 Å². The van der Waals surface area contributed by atoms with E-state index in [-0.39, 0.29) is 34.3 Å². The Hall–Kier alpha value is -3.91. The topological polar surface area (TPSA) is 128 Å². The molecule has 1 aliphatic rings. The van der Waals surface area contributed by atoms with Gasteiger partial charge in [-0.05, 0) is 96.6 Å². The monoisotopic (exact) mass is 662 g/mol. The second kappa shape index (κ2) is 11.9. The number of ether oxygens (including phenoxy) is 2. The summed E-state index contributed by atoms with van der Waals surface area (Å²) in [4.78, 5) is 39.3. The minimum atomic E-state index is -4.16. The van der Waals surface area contributed by atoms with Crippen molar-refractivity contribution in [2.75, 3.05) is 18.1 Å². The van der Waals surface area contributed by atoms with Crippen LogP contribution >= 0.6 is 22.6 Å². The molecular formula is C27H23IN2O8S. The molecule has 1 N–H and O–H groups in total. The summed E-state index contributed by atoms with van der Waals surface area (Å²) < 4.78 is 42.4. The Balaban J connectivity index is 1.69. The number of carbonyl (C=O) groups is 3. The first-order valence-corrected chi connectivity index (χ1v) is 14.2. The number of barbiturate groups is 1. The summed E-state index contributed by atoms with van der Waals surface area (Å²) in [6, 6.07) is 16.0. The van der Waals surface area contributed by atoms with E-state index in [4.69, 9.17) is 13.7 Å². The van der Waals surface area contributed by atoms with Crippen LogP contribution in [0.15, 0.2) is 77.2 Å². The van der Waals surface area contributed by atoms with Crippen LogP contribution in [0.5, 0.6) is 17.2 Å². The highest BCUT2D eigenvalue weighted by molar-refractivity contribution is 14.1. The fourth-order valence-electron chi connectivity index (χ4n) is 3.68. The van der Waals surface area contributed by atoms with E-state index < -0.39 is 28.0 Å². The first kappa shape index (κ1) is 28.1. The van der Waals surface area contributed by atoms with Gasteiger partial charge in [-0.2, -0.15) is 8.42 Å². The van der Waals surface area contributed by atoms with E-state index in [9.17, 15) is 22.8 Å². The molecular weight excluding hydrogens is 639 g/mol. The second-order valence-electron chi connectivity index (χ2n) is 8.00. The summed E-state index contributed by atoms with van der Waals surface area (Å²) in [5.41, 5.74) is 0.304. The summed E-state index contributed by atoms with van der Waals surface area (Å²) in [6.45, 7) is 4.19. The van der Waals surface area contributed by atoms with Crippen LogP contribution in [0.1, 0.15) is 19.4 Å². The fourth-order valence-corrected chi connectivity index (χ4v) is 5.54. The quantitative estimate of drug-likeness (QED) is 0.153. The normalized spacial score (nSPS) is 14.8. The molecule has 4 amide bonds. The molecule has 39 heavy (non-hydrogen) atoms. The number of hydrogen-bond acceptors (Lipinski definition) is 8. The fraction of sp³-hybridized carbons (Fsp3) is 0.148. The van der Waals surface area contributed by atoms with Gasteiger partial charge in [0.05, 0.1) is 22.5 Å². The molecule has 202 valence electrons. The van der Waals surface area contributed by atoms with E-state index in [1.807, 2.05) is 29.5 Å². The van der Waals surface area contributed by atoms with Crippen molar-refractivity contribution in [1.82, 2.24) is 5.32 Å². The molecule has 10 nitrogen and oxygen atoms in total. The Bertz CT molecular complexity index is 1550. The van der Waals surface area contributed by atoms with Crippen molar-refractivity contribution in [2.24, 2.45) is 0 Å². The van der Waals surface area contributed by atoms with Crippen molar-refractivity contribution in [2.45, 2.75) is 18.7 Å². The van der Waals surface area contributed by atoms with Crippen LogP contribution in [-0.2, 0) is 19.7 Å². The third-order valence-electron chi connectivity index (χ3n) is 5.38. The van der Waals surface area contributed by atoms with Gasteiger partial charge in [0.25, 0.3) is 11.8 Å². The van der Waals surface area contributed by atoms with Gasteiger partial charge in [-0.3, -0.25) is 14.9 Å².